The van der Waals surface area contributed by atoms with Gasteiger partial charge in [-0.3, -0.25) is 4.79 Å². The Hall–Kier alpha value is -1.61. The number of benzene rings is 1. The maximum atomic E-state index is 12.1. The van der Waals surface area contributed by atoms with E-state index < -0.39 is 0 Å². The van der Waals surface area contributed by atoms with E-state index in [1.807, 2.05) is 36.4 Å². The smallest absolute Gasteiger partial charge is 0.244 e. The van der Waals surface area contributed by atoms with Crippen molar-refractivity contribution < 1.29 is 4.79 Å². The molecule has 1 aromatic carbocycles. The number of hydrogen-bond donors (Lipinski definition) is 1. The van der Waals surface area contributed by atoms with Crippen LogP contribution in [0.15, 0.2) is 36.4 Å². The summed E-state index contributed by atoms with van der Waals surface area (Å²) in [5, 5.41) is 3.19. The monoisotopic (exact) mass is 286 g/mol. The molecule has 0 bridgehead atoms. The SMILES string of the molecule is CN(C)CC1CCCCC1NC(=O)/C=C/c1ccccc1. The predicted octanol–water partition coefficient (Wildman–Crippen LogP) is 2.94. The van der Waals surface area contributed by atoms with Gasteiger partial charge in [0.15, 0.2) is 0 Å². The third-order valence-electron chi connectivity index (χ3n) is 4.06. The molecule has 2 rings (SSSR count). The molecule has 0 radical (unpaired) electrons. The Morgan fingerprint density at radius 1 is 1.24 bits per heavy atom. The highest BCUT2D eigenvalue weighted by molar-refractivity contribution is 5.91. The minimum Gasteiger partial charge on any atom is -0.349 e. The standard InChI is InChI=1S/C18H26N2O/c1-20(2)14-16-10-6-7-11-17(16)19-18(21)13-12-15-8-4-3-5-9-15/h3-5,8-9,12-13,16-17H,6-7,10-11,14H2,1-2H3,(H,19,21)/b13-12+. The van der Waals surface area contributed by atoms with E-state index in [4.69, 9.17) is 0 Å². The van der Waals surface area contributed by atoms with E-state index in [0.29, 0.717) is 12.0 Å². The molecule has 1 N–H and O–H groups in total. The van der Waals surface area contributed by atoms with Crippen LogP contribution in [0.25, 0.3) is 6.08 Å². The van der Waals surface area contributed by atoms with Gasteiger partial charge in [-0.15, -0.1) is 0 Å². The Balaban J connectivity index is 1.89. The number of amides is 1. The molecule has 1 fully saturated rings. The van der Waals surface area contributed by atoms with Crippen molar-refractivity contribution in [2.24, 2.45) is 5.92 Å². The highest BCUT2D eigenvalue weighted by atomic mass is 16.1. The van der Waals surface area contributed by atoms with Crippen LogP contribution in [0.3, 0.4) is 0 Å². The maximum Gasteiger partial charge on any atom is 0.244 e. The fraction of sp³-hybridized carbons (Fsp3) is 0.500. The largest absolute Gasteiger partial charge is 0.349 e. The van der Waals surface area contributed by atoms with E-state index >= 15 is 0 Å². The summed E-state index contributed by atoms with van der Waals surface area (Å²) in [4.78, 5) is 14.3. The van der Waals surface area contributed by atoms with Gasteiger partial charge in [-0.1, -0.05) is 43.2 Å². The van der Waals surface area contributed by atoms with Crippen molar-refractivity contribution in [3.05, 3.63) is 42.0 Å². The first kappa shape index (κ1) is 15.8. The van der Waals surface area contributed by atoms with Crippen LogP contribution >= 0.6 is 0 Å². The lowest BCUT2D eigenvalue weighted by molar-refractivity contribution is -0.117. The summed E-state index contributed by atoms with van der Waals surface area (Å²) in [6, 6.07) is 10.2. The normalized spacial score (nSPS) is 22.6. The summed E-state index contributed by atoms with van der Waals surface area (Å²) >= 11 is 0. The Kier molecular flexibility index (Phi) is 6.00. The minimum atomic E-state index is 0.0227. The van der Waals surface area contributed by atoms with Gasteiger partial charge < -0.3 is 10.2 Å². The second-order valence-electron chi connectivity index (χ2n) is 6.17. The van der Waals surface area contributed by atoms with Gasteiger partial charge in [0, 0.05) is 18.7 Å². The molecule has 1 aliphatic rings. The van der Waals surface area contributed by atoms with Crippen molar-refractivity contribution in [1.82, 2.24) is 10.2 Å². The summed E-state index contributed by atoms with van der Waals surface area (Å²) in [5.74, 6) is 0.595. The van der Waals surface area contributed by atoms with Crippen LogP contribution in [0.4, 0.5) is 0 Å². The average molecular weight is 286 g/mol. The van der Waals surface area contributed by atoms with Gasteiger partial charge in [-0.2, -0.15) is 0 Å². The molecular weight excluding hydrogens is 260 g/mol. The van der Waals surface area contributed by atoms with E-state index in [9.17, 15) is 4.79 Å². The van der Waals surface area contributed by atoms with Gasteiger partial charge in [-0.05, 0) is 44.5 Å². The van der Waals surface area contributed by atoms with Crippen LogP contribution in [0, 0.1) is 5.92 Å². The van der Waals surface area contributed by atoms with E-state index in [1.165, 1.54) is 19.3 Å². The van der Waals surface area contributed by atoms with Crippen molar-refractivity contribution in [2.45, 2.75) is 31.7 Å². The first-order valence-corrected chi connectivity index (χ1v) is 7.83. The molecule has 2 atom stereocenters. The molecule has 0 aliphatic heterocycles. The molecule has 1 aliphatic carbocycles. The quantitative estimate of drug-likeness (QED) is 0.844. The molecular formula is C18H26N2O. The van der Waals surface area contributed by atoms with Crippen LogP contribution in [-0.2, 0) is 4.79 Å². The fourth-order valence-electron chi connectivity index (χ4n) is 3.05. The molecule has 0 saturated heterocycles. The maximum absolute atomic E-state index is 12.1. The van der Waals surface area contributed by atoms with Crippen molar-refractivity contribution >= 4 is 12.0 Å². The van der Waals surface area contributed by atoms with Crippen LogP contribution in [0.1, 0.15) is 31.2 Å². The average Bonchev–Trinajstić information content (AvgIpc) is 2.48. The summed E-state index contributed by atoms with van der Waals surface area (Å²) in [6.07, 6.45) is 8.34. The van der Waals surface area contributed by atoms with E-state index in [1.54, 1.807) is 6.08 Å². The van der Waals surface area contributed by atoms with Gasteiger partial charge in [0.05, 0.1) is 0 Å². The summed E-state index contributed by atoms with van der Waals surface area (Å²) in [5.41, 5.74) is 1.06. The third-order valence-corrected chi connectivity index (χ3v) is 4.06. The summed E-state index contributed by atoms with van der Waals surface area (Å²) in [7, 11) is 4.20. The Bertz CT molecular complexity index is 467. The second kappa shape index (κ2) is 7.99. The zero-order chi connectivity index (χ0) is 15.1. The van der Waals surface area contributed by atoms with Crippen molar-refractivity contribution in [2.75, 3.05) is 20.6 Å². The zero-order valence-electron chi connectivity index (χ0n) is 13.1. The fourth-order valence-corrected chi connectivity index (χ4v) is 3.05. The van der Waals surface area contributed by atoms with Crippen LogP contribution in [0.5, 0.6) is 0 Å². The van der Waals surface area contributed by atoms with Crippen molar-refractivity contribution in [1.29, 1.82) is 0 Å². The number of carbonyl (C=O) groups excluding carboxylic acids is 1. The number of hydrogen-bond acceptors (Lipinski definition) is 2. The van der Waals surface area contributed by atoms with Gasteiger partial charge >= 0.3 is 0 Å². The molecule has 2 unspecified atom stereocenters. The zero-order valence-corrected chi connectivity index (χ0v) is 13.1. The van der Waals surface area contributed by atoms with E-state index in [0.717, 1.165) is 18.5 Å². The summed E-state index contributed by atoms with van der Waals surface area (Å²) < 4.78 is 0. The lowest BCUT2D eigenvalue weighted by atomic mass is 9.84. The van der Waals surface area contributed by atoms with Gasteiger partial charge in [0.2, 0.25) is 5.91 Å². The van der Waals surface area contributed by atoms with E-state index in [2.05, 4.69) is 24.3 Å². The van der Waals surface area contributed by atoms with Crippen molar-refractivity contribution in [3.8, 4) is 0 Å². The number of nitrogens with one attached hydrogen (secondary N) is 1. The van der Waals surface area contributed by atoms with Crippen molar-refractivity contribution in [3.63, 3.8) is 0 Å². The van der Waals surface area contributed by atoms with Gasteiger partial charge in [-0.25, -0.2) is 0 Å². The predicted molar refractivity (Wildman–Crippen MR) is 87.9 cm³/mol. The van der Waals surface area contributed by atoms with Crippen LogP contribution in [0.2, 0.25) is 0 Å². The molecule has 1 amide bonds. The molecule has 3 nitrogen and oxygen atoms in total. The molecule has 21 heavy (non-hydrogen) atoms. The Morgan fingerprint density at radius 3 is 2.67 bits per heavy atom. The Labute approximate surface area is 128 Å². The lowest BCUT2D eigenvalue weighted by Gasteiger charge is -2.33. The molecule has 114 valence electrons. The lowest BCUT2D eigenvalue weighted by Crippen LogP contribution is -2.44. The summed E-state index contributed by atoms with van der Waals surface area (Å²) in [6.45, 7) is 1.05. The molecule has 0 heterocycles. The third kappa shape index (κ3) is 5.35. The highest BCUT2D eigenvalue weighted by Gasteiger charge is 2.26. The van der Waals surface area contributed by atoms with E-state index in [-0.39, 0.29) is 5.91 Å². The molecule has 0 aromatic heterocycles. The van der Waals surface area contributed by atoms with Crippen LogP contribution < -0.4 is 5.32 Å². The molecule has 1 saturated carbocycles. The molecule has 3 heteroatoms. The minimum absolute atomic E-state index is 0.0227. The number of rotatable bonds is 5. The molecule has 0 spiro atoms. The van der Waals surface area contributed by atoms with Gasteiger partial charge in [0.1, 0.15) is 0 Å². The topological polar surface area (TPSA) is 32.3 Å². The molecule has 1 aromatic rings. The first-order valence-electron chi connectivity index (χ1n) is 7.83. The highest BCUT2D eigenvalue weighted by Crippen LogP contribution is 2.24. The van der Waals surface area contributed by atoms with Gasteiger partial charge in [0.25, 0.3) is 0 Å². The number of carbonyl (C=O) groups is 1. The van der Waals surface area contributed by atoms with Crippen LogP contribution in [-0.4, -0.2) is 37.5 Å². The number of nitrogens with zero attached hydrogens (tertiary/aromatic N) is 1. The Morgan fingerprint density at radius 2 is 1.95 bits per heavy atom. The second-order valence-corrected chi connectivity index (χ2v) is 6.17. The first-order chi connectivity index (χ1) is 10.1.